The molecule has 1 aromatic rings. The van der Waals surface area contributed by atoms with Crippen molar-refractivity contribution in [2.24, 2.45) is 11.8 Å². The molecule has 2 heterocycles. The number of hydrogen-bond donors (Lipinski definition) is 0. The van der Waals surface area contributed by atoms with Crippen LogP contribution >= 0.6 is 0 Å². The number of benzene rings is 1. The summed E-state index contributed by atoms with van der Waals surface area (Å²) >= 11 is 0. The molecule has 2 saturated heterocycles. The van der Waals surface area contributed by atoms with E-state index in [1.165, 1.54) is 18.2 Å². The van der Waals surface area contributed by atoms with Gasteiger partial charge in [0.15, 0.2) is 0 Å². The summed E-state index contributed by atoms with van der Waals surface area (Å²) in [5.41, 5.74) is 0.193. The van der Waals surface area contributed by atoms with Gasteiger partial charge in [-0.15, -0.1) is 0 Å². The molecule has 0 saturated carbocycles. The summed E-state index contributed by atoms with van der Waals surface area (Å²) < 4.78 is 32.3. The van der Waals surface area contributed by atoms with Gasteiger partial charge in [-0.1, -0.05) is 6.07 Å². The van der Waals surface area contributed by atoms with Crippen LogP contribution in [0, 0.1) is 23.5 Å². The molecule has 0 aliphatic carbocycles. The zero-order chi connectivity index (χ0) is 12.5. The van der Waals surface area contributed by atoms with Gasteiger partial charge in [0.25, 0.3) is 0 Å². The summed E-state index contributed by atoms with van der Waals surface area (Å²) in [5, 5.41) is 0. The van der Waals surface area contributed by atoms with Crippen LogP contribution in [0.1, 0.15) is 12.0 Å². The Labute approximate surface area is 106 Å². The van der Waals surface area contributed by atoms with Crippen molar-refractivity contribution >= 4 is 0 Å². The molecule has 0 bridgehead atoms. The number of ether oxygens (including phenoxy) is 1. The lowest BCUT2D eigenvalue weighted by Crippen LogP contribution is -2.49. The molecule has 1 atom stereocenters. The van der Waals surface area contributed by atoms with E-state index in [2.05, 4.69) is 4.90 Å². The Morgan fingerprint density at radius 2 is 1.89 bits per heavy atom. The van der Waals surface area contributed by atoms with E-state index in [1.54, 1.807) is 0 Å². The largest absolute Gasteiger partial charge is 0.381 e. The Balaban J connectivity index is 1.56. The Morgan fingerprint density at radius 3 is 2.50 bits per heavy atom. The van der Waals surface area contributed by atoms with Crippen molar-refractivity contribution in [3.63, 3.8) is 0 Å². The van der Waals surface area contributed by atoms with Crippen LogP contribution in [-0.4, -0.2) is 31.2 Å². The molecule has 98 valence electrons. The summed E-state index contributed by atoms with van der Waals surface area (Å²) in [6.45, 7) is 3.96. The zero-order valence-corrected chi connectivity index (χ0v) is 10.2. The standard InChI is InChI=1S/C14H17F2NO/c15-13-2-1-3-14(16)12(13)8-17-6-11(7-17)10-4-5-18-9-10/h1-3,10-11H,4-9H2/t10-/m0/s1. The van der Waals surface area contributed by atoms with E-state index < -0.39 is 11.6 Å². The van der Waals surface area contributed by atoms with Gasteiger partial charge in [-0.3, -0.25) is 4.90 Å². The fourth-order valence-corrected chi connectivity index (χ4v) is 2.87. The van der Waals surface area contributed by atoms with Crippen molar-refractivity contribution in [3.8, 4) is 0 Å². The fourth-order valence-electron chi connectivity index (χ4n) is 2.87. The van der Waals surface area contributed by atoms with Crippen molar-refractivity contribution in [1.29, 1.82) is 0 Å². The second kappa shape index (κ2) is 4.94. The van der Waals surface area contributed by atoms with Gasteiger partial charge in [-0.25, -0.2) is 8.78 Å². The van der Waals surface area contributed by atoms with E-state index in [0.717, 1.165) is 32.7 Å². The minimum atomic E-state index is -0.442. The number of halogens is 2. The Bertz CT molecular complexity index is 406. The molecule has 2 aliphatic rings. The molecule has 3 rings (SSSR count). The molecule has 0 amide bonds. The van der Waals surface area contributed by atoms with E-state index in [1.807, 2.05) is 0 Å². The van der Waals surface area contributed by atoms with Crippen molar-refractivity contribution in [2.75, 3.05) is 26.3 Å². The Kier molecular flexibility index (Phi) is 3.31. The predicted molar refractivity (Wildman–Crippen MR) is 64.1 cm³/mol. The maximum absolute atomic E-state index is 13.5. The third-order valence-electron chi connectivity index (χ3n) is 4.06. The van der Waals surface area contributed by atoms with Gasteiger partial charge in [0.05, 0.1) is 0 Å². The summed E-state index contributed by atoms with van der Waals surface area (Å²) in [5.74, 6) is 0.402. The second-order valence-corrected chi connectivity index (χ2v) is 5.28. The Hall–Kier alpha value is -1.00. The van der Waals surface area contributed by atoms with Crippen LogP contribution in [-0.2, 0) is 11.3 Å². The normalized spacial score (nSPS) is 25.3. The predicted octanol–water partition coefficient (Wildman–Crippen LogP) is 2.43. The smallest absolute Gasteiger partial charge is 0.130 e. The van der Waals surface area contributed by atoms with E-state index in [4.69, 9.17) is 4.74 Å². The first-order valence-corrected chi connectivity index (χ1v) is 6.47. The molecular formula is C14H17F2NO. The van der Waals surface area contributed by atoms with Crippen LogP contribution in [0.3, 0.4) is 0 Å². The van der Waals surface area contributed by atoms with Crippen molar-refractivity contribution in [3.05, 3.63) is 35.4 Å². The van der Waals surface area contributed by atoms with Gasteiger partial charge in [0, 0.05) is 38.4 Å². The highest BCUT2D eigenvalue weighted by Gasteiger charge is 2.35. The topological polar surface area (TPSA) is 12.5 Å². The lowest BCUT2D eigenvalue weighted by Gasteiger charge is -2.42. The third-order valence-corrected chi connectivity index (χ3v) is 4.06. The molecule has 0 radical (unpaired) electrons. The maximum atomic E-state index is 13.5. The highest BCUT2D eigenvalue weighted by atomic mass is 19.1. The SMILES string of the molecule is Fc1cccc(F)c1CN1CC([C@H]2CCOC2)C1. The molecule has 0 aromatic heterocycles. The Morgan fingerprint density at radius 1 is 1.17 bits per heavy atom. The lowest BCUT2D eigenvalue weighted by molar-refractivity contribution is 0.0427. The molecule has 2 nitrogen and oxygen atoms in total. The number of rotatable bonds is 3. The van der Waals surface area contributed by atoms with Crippen LogP contribution in [0.5, 0.6) is 0 Å². The third kappa shape index (κ3) is 2.27. The summed E-state index contributed by atoms with van der Waals surface area (Å²) in [4.78, 5) is 2.10. The van der Waals surface area contributed by atoms with Gasteiger partial charge in [-0.2, -0.15) is 0 Å². The van der Waals surface area contributed by atoms with E-state index in [-0.39, 0.29) is 5.56 Å². The molecular weight excluding hydrogens is 236 g/mol. The molecule has 4 heteroatoms. The van der Waals surface area contributed by atoms with Crippen molar-refractivity contribution in [2.45, 2.75) is 13.0 Å². The first kappa shape index (κ1) is 12.1. The molecule has 0 N–H and O–H groups in total. The molecule has 2 aliphatic heterocycles. The van der Waals surface area contributed by atoms with Crippen molar-refractivity contribution in [1.82, 2.24) is 4.90 Å². The number of likely N-dealkylation sites (tertiary alicyclic amines) is 1. The monoisotopic (exact) mass is 253 g/mol. The first-order chi connectivity index (χ1) is 8.74. The molecule has 0 spiro atoms. The summed E-state index contributed by atoms with van der Waals surface area (Å²) in [6, 6.07) is 4.05. The molecule has 18 heavy (non-hydrogen) atoms. The lowest BCUT2D eigenvalue weighted by atomic mass is 9.85. The van der Waals surface area contributed by atoms with E-state index in [0.29, 0.717) is 18.4 Å². The van der Waals surface area contributed by atoms with Crippen LogP contribution < -0.4 is 0 Å². The number of nitrogens with zero attached hydrogens (tertiary/aromatic N) is 1. The quantitative estimate of drug-likeness (QED) is 0.820. The van der Waals surface area contributed by atoms with Gasteiger partial charge < -0.3 is 4.74 Å². The highest BCUT2D eigenvalue weighted by molar-refractivity contribution is 5.19. The first-order valence-electron chi connectivity index (χ1n) is 6.47. The van der Waals surface area contributed by atoms with Crippen molar-refractivity contribution < 1.29 is 13.5 Å². The molecule has 1 aromatic carbocycles. The zero-order valence-electron chi connectivity index (χ0n) is 10.2. The molecule has 2 fully saturated rings. The molecule has 0 unspecified atom stereocenters. The summed E-state index contributed by atoms with van der Waals surface area (Å²) in [7, 11) is 0. The van der Waals surface area contributed by atoms with Gasteiger partial charge >= 0.3 is 0 Å². The van der Waals surface area contributed by atoms with E-state index >= 15 is 0 Å². The van der Waals surface area contributed by atoms with Gasteiger partial charge in [0.2, 0.25) is 0 Å². The van der Waals surface area contributed by atoms with Crippen LogP contribution in [0.25, 0.3) is 0 Å². The number of hydrogen-bond acceptors (Lipinski definition) is 2. The van der Waals surface area contributed by atoms with Crippen LogP contribution in [0.2, 0.25) is 0 Å². The van der Waals surface area contributed by atoms with Gasteiger partial charge in [0.1, 0.15) is 11.6 Å². The minimum Gasteiger partial charge on any atom is -0.381 e. The highest BCUT2D eigenvalue weighted by Crippen LogP contribution is 2.31. The summed E-state index contributed by atoms with van der Waals surface area (Å²) in [6.07, 6.45) is 1.13. The van der Waals surface area contributed by atoms with E-state index in [9.17, 15) is 8.78 Å². The minimum absolute atomic E-state index is 0.193. The van der Waals surface area contributed by atoms with Crippen LogP contribution in [0.4, 0.5) is 8.78 Å². The average Bonchev–Trinajstić information content (AvgIpc) is 2.79. The second-order valence-electron chi connectivity index (χ2n) is 5.28. The average molecular weight is 253 g/mol. The fraction of sp³-hybridized carbons (Fsp3) is 0.571. The van der Waals surface area contributed by atoms with Crippen LogP contribution in [0.15, 0.2) is 18.2 Å². The maximum Gasteiger partial charge on any atom is 0.130 e. The van der Waals surface area contributed by atoms with Gasteiger partial charge in [-0.05, 0) is 30.4 Å².